The molecule has 0 atom stereocenters. The van der Waals surface area contributed by atoms with E-state index >= 15 is 0 Å². The van der Waals surface area contributed by atoms with Gasteiger partial charge in [-0.3, -0.25) is 0 Å². The van der Waals surface area contributed by atoms with Gasteiger partial charge in [0.2, 0.25) is 0 Å². The van der Waals surface area contributed by atoms with Crippen LogP contribution in [0.1, 0.15) is 12.1 Å². The van der Waals surface area contributed by atoms with Gasteiger partial charge in [-0.2, -0.15) is 0 Å². The Hall–Kier alpha value is -2.04. The summed E-state index contributed by atoms with van der Waals surface area (Å²) in [5, 5.41) is 7.79. The van der Waals surface area contributed by atoms with Gasteiger partial charge in [0.05, 0.1) is 18.5 Å². The third kappa shape index (κ3) is 3.21. The summed E-state index contributed by atoms with van der Waals surface area (Å²) in [6, 6.07) is 7.44. The van der Waals surface area contributed by atoms with Crippen molar-refractivity contribution in [2.45, 2.75) is 19.9 Å². The molecule has 0 fully saturated rings. The fraction of sp³-hybridized carbons (Fsp3) is 0.333. The van der Waals surface area contributed by atoms with E-state index in [1.54, 1.807) is 6.20 Å². The number of ether oxygens (including phenoxy) is 1. The molecule has 2 N–H and O–H groups in total. The number of anilines is 1. The van der Waals surface area contributed by atoms with Gasteiger partial charge in [0.25, 0.3) is 0 Å². The number of hydrogen-bond acceptors (Lipinski definition) is 4. The molecule has 2 rings (SSSR count). The zero-order valence-corrected chi connectivity index (χ0v) is 9.84. The lowest BCUT2D eigenvalue weighted by Gasteiger charge is -2.07. The summed E-state index contributed by atoms with van der Waals surface area (Å²) in [5.41, 5.74) is 7.44. The van der Waals surface area contributed by atoms with Crippen molar-refractivity contribution in [3.05, 3.63) is 36.2 Å². The van der Waals surface area contributed by atoms with Gasteiger partial charge in [-0.05, 0) is 19.1 Å². The molecule has 1 aromatic carbocycles. The highest BCUT2D eigenvalue weighted by Gasteiger charge is 1.98. The van der Waals surface area contributed by atoms with Crippen molar-refractivity contribution in [2.24, 2.45) is 0 Å². The van der Waals surface area contributed by atoms with Gasteiger partial charge in [0, 0.05) is 24.7 Å². The van der Waals surface area contributed by atoms with Crippen LogP contribution in [0.4, 0.5) is 5.69 Å². The van der Waals surface area contributed by atoms with Gasteiger partial charge in [0.1, 0.15) is 5.75 Å². The first-order chi connectivity index (χ1) is 8.25. The molecule has 0 unspecified atom stereocenters. The van der Waals surface area contributed by atoms with Crippen LogP contribution in [0.2, 0.25) is 0 Å². The molecular weight excluding hydrogens is 216 g/mol. The minimum atomic E-state index is 0.642. The van der Waals surface area contributed by atoms with Crippen molar-refractivity contribution in [3.63, 3.8) is 0 Å². The van der Waals surface area contributed by atoms with Gasteiger partial charge in [-0.15, -0.1) is 5.10 Å². The van der Waals surface area contributed by atoms with E-state index in [4.69, 9.17) is 10.5 Å². The fourth-order valence-electron chi connectivity index (χ4n) is 1.54. The zero-order chi connectivity index (χ0) is 12.1. The number of aryl methyl sites for hydroxylation is 2. The molecule has 5 nitrogen and oxygen atoms in total. The molecule has 0 saturated carbocycles. The second-order valence-electron chi connectivity index (χ2n) is 3.87. The summed E-state index contributed by atoms with van der Waals surface area (Å²) in [6.45, 7) is 3.44. The first kappa shape index (κ1) is 11.4. The third-order valence-electron chi connectivity index (χ3n) is 2.45. The Morgan fingerprint density at radius 1 is 1.41 bits per heavy atom. The number of nitrogens with zero attached hydrogens (tertiary/aromatic N) is 3. The van der Waals surface area contributed by atoms with Gasteiger partial charge in [-0.25, -0.2) is 4.68 Å². The predicted octanol–water partition coefficient (Wildman–Crippen LogP) is 1.64. The maximum absolute atomic E-state index is 5.66. The highest BCUT2D eigenvalue weighted by atomic mass is 16.5. The molecule has 90 valence electrons. The second-order valence-corrected chi connectivity index (χ2v) is 3.87. The topological polar surface area (TPSA) is 66.0 Å². The maximum Gasteiger partial charge on any atom is 0.121 e. The first-order valence-corrected chi connectivity index (χ1v) is 5.59. The molecule has 0 bridgehead atoms. The molecule has 17 heavy (non-hydrogen) atoms. The lowest BCUT2D eigenvalue weighted by atomic mass is 10.3. The highest BCUT2D eigenvalue weighted by Crippen LogP contribution is 2.14. The number of hydrogen-bond donors (Lipinski definition) is 1. The summed E-state index contributed by atoms with van der Waals surface area (Å²) in [6.07, 6.45) is 2.64. The molecule has 0 spiro atoms. The SMILES string of the molecule is Cc1cnnn1CCCOc1cccc(N)c1. The number of nitrogens with two attached hydrogens (primary N) is 1. The van der Waals surface area contributed by atoms with Crippen LogP contribution >= 0.6 is 0 Å². The van der Waals surface area contributed by atoms with Crippen molar-refractivity contribution in [1.29, 1.82) is 0 Å². The van der Waals surface area contributed by atoms with Crippen LogP contribution in [0.5, 0.6) is 5.75 Å². The quantitative estimate of drug-likeness (QED) is 0.628. The highest BCUT2D eigenvalue weighted by molar-refractivity contribution is 5.43. The Bertz CT molecular complexity index is 481. The number of benzene rings is 1. The van der Waals surface area contributed by atoms with Crippen molar-refractivity contribution >= 4 is 5.69 Å². The minimum Gasteiger partial charge on any atom is -0.493 e. The number of rotatable bonds is 5. The van der Waals surface area contributed by atoms with Gasteiger partial charge in [-0.1, -0.05) is 11.3 Å². The molecule has 1 aromatic heterocycles. The summed E-state index contributed by atoms with van der Waals surface area (Å²) < 4.78 is 7.45. The monoisotopic (exact) mass is 232 g/mol. The number of nitrogen functional groups attached to an aromatic ring is 1. The molecule has 0 saturated heterocycles. The van der Waals surface area contributed by atoms with Crippen LogP contribution < -0.4 is 10.5 Å². The zero-order valence-electron chi connectivity index (χ0n) is 9.84. The van der Waals surface area contributed by atoms with Crippen molar-refractivity contribution < 1.29 is 4.74 Å². The average Bonchev–Trinajstić information content (AvgIpc) is 2.71. The maximum atomic E-state index is 5.66. The number of aromatic nitrogens is 3. The molecule has 1 heterocycles. The molecule has 5 heteroatoms. The Morgan fingerprint density at radius 3 is 3.00 bits per heavy atom. The molecule has 0 radical (unpaired) electrons. The van der Waals surface area contributed by atoms with E-state index in [0.717, 1.165) is 30.1 Å². The predicted molar refractivity (Wildman–Crippen MR) is 65.7 cm³/mol. The van der Waals surface area contributed by atoms with E-state index in [1.165, 1.54) is 0 Å². The molecule has 0 aliphatic rings. The third-order valence-corrected chi connectivity index (χ3v) is 2.45. The van der Waals surface area contributed by atoms with Crippen LogP contribution in [0.25, 0.3) is 0 Å². The second kappa shape index (κ2) is 5.34. The van der Waals surface area contributed by atoms with Crippen LogP contribution in [0.15, 0.2) is 30.5 Å². The normalized spacial score (nSPS) is 10.4. The van der Waals surface area contributed by atoms with E-state index in [9.17, 15) is 0 Å². The summed E-state index contributed by atoms with van der Waals surface area (Å²) in [4.78, 5) is 0. The summed E-state index contributed by atoms with van der Waals surface area (Å²) in [7, 11) is 0. The Balaban J connectivity index is 1.75. The standard InChI is InChI=1S/C12H16N4O/c1-10-9-14-15-16(10)6-3-7-17-12-5-2-4-11(13)8-12/h2,4-5,8-9H,3,6-7,13H2,1H3. The Labute approximate surface area is 100 Å². The first-order valence-electron chi connectivity index (χ1n) is 5.59. The van der Waals surface area contributed by atoms with Crippen LogP contribution in [0, 0.1) is 6.92 Å². The molecule has 0 amide bonds. The Kier molecular flexibility index (Phi) is 3.59. The lowest BCUT2D eigenvalue weighted by Crippen LogP contribution is -2.07. The average molecular weight is 232 g/mol. The molecule has 0 aliphatic carbocycles. The molecule has 0 aliphatic heterocycles. The van der Waals surface area contributed by atoms with Gasteiger partial charge < -0.3 is 10.5 Å². The largest absolute Gasteiger partial charge is 0.493 e. The Morgan fingerprint density at radius 2 is 2.29 bits per heavy atom. The van der Waals surface area contributed by atoms with Crippen molar-refractivity contribution in [2.75, 3.05) is 12.3 Å². The van der Waals surface area contributed by atoms with E-state index in [-0.39, 0.29) is 0 Å². The smallest absolute Gasteiger partial charge is 0.121 e. The fourth-order valence-corrected chi connectivity index (χ4v) is 1.54. The van der Waals surface area contributed by atoms with E-state index < -0.39 is 0 Å². The summed E-state index contributed by atoms with van der Waals surface area (Å²) in [5.74, 6) is 0.806. The van der Waals surface area contributed by atoms with Crippen molar-refractivity contribution in [3.8, 4) is 5.75 Å². The van der Waals surface area contributed by atoms with E-state index in [2.05, 4.69) is 10.3 Å². The van der Waals surface area contributed by atoms with Gasteiger partial charge >= 0.3 is 0 Å². The van der Waals surface area contributed by atoms with Gasteiger partial charge in [0.15, 0.2) is 0 Å². The van der Waals surface area contributed by atoms with Crippen LogP contribution in [-0.4, -0.2) is 21.6 Å². The van der Waals surface area contributed by atoms with Crippen LogP contribution in [-0.2, 0) is 6.54 Å². The van der Waals surface area contributed by atoms with E-state index in [0.29, 0.717) is 6.61 Å². The summed E-state index contributed by atoms with van der Waals surface area (Å²) >= 11 is 0. The van der Waals surface area contributed by atoms with E-state index in [1.807, 2.05) is 35.9 Å². The van der Waals surface area contributed by atoms with Crippen LogP contribution in [0.3, 0.4) is 0 Å². The van der Waals surface area contributed by atoms with Crippen molar-refractivity contribution in [1.82, 2.24) is 15.0 Å². The lowest BCUT2D eigenvalue weighted by molar-refractivity contribution is 0.297. The minimum absolute atomic E-state index is 0.642. The molecular formula is C12H16N4O. The molecule has 2 aromatic rings.